The number of nitrogens with one attached hydrogen (secondary N) is 1. The lowest BCUT2D eigenvalue weighted by atomic mass is 10.2. The highest BCUT2D eigenvalue weighted by atomic mass is 127. The van der Waals surface area contributed by atoms with E-state index in [1.165, 1.54) is 4.88 Å². The number of aliphatic imine (C=N–C) groups is 1. The number of hydrogen-bond acceptors (Lipinski definition) is 3. The Morgan fingerprint density at radius 1 is 1.25 bits per heavy atom. The summed E-state index contributed by atoms with van der Waals surface area (Å²) in [7, 11) is 3.76. The molecule has 0 fully saturated rings. The zero-order valence-corrected chi connectivity index (χ0v) is 17.6. The van der Waals surface area contributed by atoms with Crippen molar-refractivity contribution in [3.8, 4) is 5.75 Å². The molecule has 0 saturated heterocycles. The Morgan fingerprint density at radius 3 is 2.71 bits per heavy atom. The van der Waals surface area contributed by atoms with Gasteiger partial charge in [0.1, 0.15) is 5.75 Å². The van der Waals surface area contributed by atoms with Gasteiger partial charge in [-0.15, -0.1) is 35.3 Å². The van der Waals surface area contributed by atoms with Crippen LogP contribution in [0.15, 0.2) is 46.8 Å². The van der Waals surface area contributed by atoms with Gasteiger partial charge < -0.3 is 15.0 Å². The van der Waals surface area contributed by atoms with E-state index in [1.807, 2.05) is 18.2 Å². The van der Waals surface area contributed by atoms with Gasteiger partial charge >= 0.3 is 0 Å². The zero-order valence-electron chi connectivity index (χ0n) is 14.5. The van der Waals surface area contributed by atoms with E-state index in [4.69, 9.17) is 9.73 Å². The highest BCUT2D eigenvalue weighted by Crippen LogP contribution is 2.18. The molecule has 0 spiro atoms. The fraction of sp³-hybridized carbons (Fsp3) is 0.389. The average molecular weight is 459 g/mol. The molecule has 1 aromatic carbocycles. The Bertz CT molecular complexity index is 616. The van der Waals surface area contributed by atoms with Gasteiger partial charge in [0.2, 0.25) is 0 Å². The van der Waals surface area contributed by atoms with Crippen LogP contribution in [0.4, 0.5) is 0 Å². The third-order valence-electron chi connectivity index (χ3n) is 3.50. The van der Waals surface area contributed by atoms with E-state index in [9.17, 15) is 0 Å². The first-order chi connectivity index (χ1) is 11.2. The number of hydrogen-bond donors (Lipinski definition) is 1. The Kier molecular flexibility index (Phi) is 9.78. The quantitative estimate of drug-likeness (QED) is 0.386. The summed E-state index contributed by atoms with van der Waals surface area (Å²) < 4.78 is 5.43. The summed E-state index contributed by atoms with van der Waals surface area (Å²) in [4.78, 5) is 8.24. The summed E-state index contributed by atoms with van der Waals surface area (Å²) in [5.41, 5.74) is 1.15. The normalized spacial score (nSPS) is 10.9. The summed E-state index contributed by atoms with van der Waals surface area (Å²) >= 11 is 1.78. The predicted octanol–water partition coefficient (Wildman–Crippen LogP) is 4.01. The molecule has 0 amide bonds. The molecule has 1 heterocycles. The van der Waals surface area contributed by atoms with Crippen LogP contribution in [0.5, 0.6) is 5.75 Å². The van der Waals surface area contributed by atoms with E-state index in [-0.39, 0.29) is 24.0 Å². The molecule has 1 aromatic heterocycles. The topological polar surface area (TPSA) is 36.9 Å². The van der Waals surface area contributed by atoms with Crippen molar-refractivity contribution >= 4 is 41.3 Å². The molecular formula is C18H26IN3OS. The second-order valence-corrected chi connectivity index (χ2v) is 6.27. The molecule has 4 nitrogen and oxygen atoms in total. The summed E-state index contributed by atoms with van der Waals surface area (Å²) in [5, 5.41) is 5.47. The first-order valence-electron chi connectivity index (χ1n) is 7.88. The zero-order chi connectivity index (χ0) is 16.5. The number of guanidine groups is 1. The van der Waals surface area contributed by atoms with Gasteiger partial charge in [-0.05, 0) is 24.4 Å². The van der Waals surface area contributed by atoms with Crippen molar-refractivity contribution < 1.29 is 4.74 Å². The number of benzene rings is 1. The van der Waals surface area contributed by atoms with Crippen LogP contribution in [0.3, 0.4) is 0 Å². The van der Waals surface area contributed by atoms with Crippen molar-refractivity contribution in [2.24, 2.45) is 4.99 Å². The number of nitrogens with zero attached hydrogens (tertiary/aromatic N) is 2. The lowest BCUT2D eigenvalue weighted by molar-refractivity contribution is 0.396. The van der Waals surface area contributed by atoms with Crippen LogP contribution in [0.25, 0.3) is 0 Å². The largest absolute Gasteiger partial charge is 0.496 e. The second kappa shape index (κ2) is 11.3. The first kappa shape index (κ1) is 20.8. The van der Waals surface area contributed by atoms with E-state index in [0.29, 0.717) is 0 Å². The van der Waals surface area contributed by atoms with Gasteiger partial charge in [0.05, 0.1) is 7.11 Å². The third kappa shape index (κ3) is 6.32. The van der Waals surface area contributed by atoms with Crippen LogP contribution < -0.4 is 10.1 Å². The van der Waals surface area contributed by atoms with E-state index in [2.05, 4.69) is 47.8 Å². The number of rotatable bonds is 7. The van der Waals surface area contributed by atoms with Crippen LogP contribution >= 0.6 is 35.3 Å². The van der Waals surface area contributed by atoms with Crippen molar-refractivity contribution in [2.75, 3.05) is 27.2 Å². The molecule has 1 N–H and O–H groups in total. The van der Waals surface area contributed by atoms with Crippen molar-refractivity contribution in [3.63, 3.8) is 0 Å². The maximum Gasteiger partial charge on any atom is 0.193 e. The van der Waals surface area contributed by atoms with Crippen LogP contribution in [0.2, 0.25) is 0 Å². The minimum atomic E-state index is 0. The fourth-order valence-corrected chi connectivity index (χ4v) is 3.06. The molecule has 0 atom stereocenters. The van der Waals surface area contributed by atoms with Gasteiger partial charge in [0.25, 0.3) is 0 Å². The molecule has 2 aromatic rings. The van der Waals surface area contributed by atoms with E-state index < -0.39 is 0 Å². The molecule has 6 heteroatoms. The molecule has 0 aliphatic rings. The number of methoxy groups -OCH3 is 1. The number of halogens is 1. The van der Waals surface area contributed by atoms with Gasteiger partial charge in [0.15, 0.2) is 5.96 Å². The lowest BCUT2D eigenvalue weighted by Gasteiger charge is -2.23. The summed E-state index contributed by atoms with van der Waals surface area (Å²) in [6.45, 7) is 4.49. The fourth-order valence-electron chi connectivity index (χ4n) is 2.36. The van der Waals surface area contributed by atoms with E-state index >= 15 is 0 Å². The van der Waals surface area contributed by atoms with Crippen molar-refractivity contribution in [2.45, 2.75) is 19.9 Å². The van der Waals surface area contributed by atoms with Gasteiger partial charge in [-0.1, -0.05) is 24.3 Å². The molecule has 132 valence electrons. The minimum Gasteiger partial charge on any atom is -0.496 e. The first-order valence-corrected chi connectivity index (χ1v) is 8.76. The van der Waals surface area contributed by atoms with Gasteiger partial charge in [-0.3, -0.25) is 4.99 Å². The van der Waals surface area contributed by atoms with Crippen molar-refractivity contribution in [1.82, 2.24) is 10.2 Å². The summed E-state index contributed by atoms with van der Waals surface area (Å²) in [5.74, 6) is 1.84. The molecular weight excluding hydrogens is 433 g/mol. The lowest BCUT2D eigenvalue weighted by Crippen LogP contribution is -2.38. The molecule has 0 aliphatic carbocycles. The number of ether oxygens (including phenoxy) is 1. The summed E-state index contributed by atoms with van der Waals surface area (Å²) in [6.07, 6.45) is 0.981. The van der Waals surface area contributed by atoms with Gasteiger partial charge in [0, 0.05) is 43.5 Å². The van der Waals surface area contributed by atoms with Crippen LogP contribution in [0, 0.1) is 0 Å². The van der Waals surface area contributed by atoms with Gasteiger partial charge in [-0.25, -0.2) is 0 Å². The Balaban J connectivity index is 0.00000288. The monoisotopic (exact) mass is 459 g/mol. The van der Waals surface area contributed by atoms with Crippen molar-refractivity contribution in [1.29, 1.82) is 0 Å². The smallest absolute Gasteiger partial charge is 0.193 e. The SMILES string of the molecule is CCNC(=NCCc1cccs1)N(C)Cc1ccccc1OC.I. The van der Waals surface area contributed by atoms with E-state index in [1.54, 1.807) is 18.4 Å². The predicted molar refractivity (Wildman–Crippen MR) is 114 cm³/mol. The highest BCUT2D eigenvalue weighted by molar-refractivity contribution is 14.0. The highest BCUT2D eigenvalue weighted by Gasteiger charge is 2.09. The Labute approximate surface area is 166 Å². The van der Waals surface area contributed by atoms with E-state index in [0.717, 1.165) is 43.3 Å². The maximum atomic E-state index is 5.43. The standard InChI is InChI=1S/C18H25N3OS.HI/c1-4-19-18(20-12-11-16-9-7-13-23-16)21(2)14-15-8-5-6-10-17(15)22-3;/h5-10,13H,4,11-12,14H2,1-3H3,(H,19,20);1H. The molecule has 0 saturated carbocycles. The second-order valence-electron chi connectivity index (χ2n) is 5.23. The number of para-hydroxylation sites is 1. The number of thiophene rings is 1. The molecule has 0 radical (unpaired) electrons. The van der Waals surface area contributed by atoms with Crippen LogP contribution in [0.1, 0.15) is 17.4 Å². The Hall–Kier alpha value is -1.28. The average Bonchev–Trinajstić information content (AvgIpc) is 3.08. The molecule has 0 aliphatic heterocycles. The molecule has 0 unspecified atom stereocenters. The third-order valence-corrected chi connectivity index (χ3v) is 4.43. The van der Waals surface area contributed by atoms with Crippen molar-refractivity contribution in [3.05, 3.63) is 52.2 Å². The molecule has 2 rings (SSSR count). The minimum absolute atomic E-state index is 0. The summed E-state index contributed by atoms with van der Waals surface area (Å²) in [6, 6.07) is 12.3. The van der Waals surface area contributed by atoms with Crippen LogP contribution in [-0.2, 0) is 13.0 Å². The maximum absolute atomic E-state index is 5.43. The molecule has 0 bridgehead atoms. The molecule has 24 heavy (non-hydrogen) atoms. The van der Waals surface area contributed by atoms with Gasteiger partial charge in [-0.2, -0.15) is 0 Å². The Morgan fingerprint density at radius 2 is 2.04 bits per heavy atom. The van der Waals surface area contributed by atoms with Crippen LogP contribution in [-0.4, -0.2) is 38.1 Å².